The maximum absolute atomic E-state index is 12.9. The van der Waals surface area contributed by atoms with E-state index in [4.69, 9.17) is 5.26 Å². The molecule has 0 radical (unpaired) electrons. The van der Waals surface area contributed by atoms with Gasteiger partial charge in [-0.3, -0.25) is 4.90 Å². The second-order valence-electron chi connectivity index (χ2n) is 7.72. The minimum absolute atomic E-state index is 0.0873. The summed E-state index contributed by atoms with van der Waals surface area (Å²) < 4.78 is 0. The largest absolute Gasteiger partial charge is 0.336 e. The number of rotatable bonds is 4. The first-order valence-corrected chi connectivity index (χ1v) is 9.02. The summed E-state index contributed by atoms with van der Waals surface area (Å²) in [7, 11) is 4.01. The molecule has 1 aromatic carbocycles. The van der Waals surface area contributed by atoms with Crippen molar-refractivity contribution in [3.8, 4) is 6.07 Å². The smallest absolute Gasteiger partial charge is 0.322 e. The van der Waals surface area contributed by atoms with E-state index in [2.05, 4.69) is 33.4 Å². The van der Waals surface area contributed by atoms with Crippen molar-refractivity contribution in [1.82, 2.24) is 15.2 Å². The number of carbonyl (C=O) groups is 1. The van der Waals surface area contributed by atoms with E-state index in [0.29, 0.717) is 18.8 Å². The van der Waals surface area contributed by atoms with Gasteiger partial charge in [-0.2, -0.15) is 5.26 Å². The molecule has 0 saturated heterocycles. The van der Waals surface area contributed by atoms with Crippen LogP contribution in [-0.4, -0.2) is 43.1 Å². The molecule has 0 fully saturated rings. The molecule has 0 spiro atoms. The van der Waals surface area contributed by atoms with Crippen LogP contribution in [0.5, 0.6) is 0 Å². The van der Waals surface area contributed by atoms with Gasteiger partial charge in [0.1, 0.15) is 11.8 Å². The van der Waals surface area contributed by atoms with E-state index < -0.39 is 0 Å². The number of nitrogens with one attached hydrogen (secondary N) is 1. The molecule has 2 amide bonds. The fourth-order valence-electron chi connectivity index (χ4n) is 3.52. The van der Waals surface area contributed by atoms with Crippen LogP contribution in [-0.2, 0) is 5.41 Å². The Bertz CT molecular complexity index is 870. The Morgan fingerprint density at radius 1 is 1.30 bits per heavy atom. The summed E-state index contributed by atoms with van der Waals surface area (Å²) in [6.45, 7) is 5.12. The second-order valence-corrected chi connectivity index (χ2v) is 7.72. The molecule has 140 valence electrons. The third kappa shape index (κ3) is 3.79. The van der Waals surface area contributed by atoms with Crippen LogP contribution in [0.1, 0.15) is 36.8 Å². The lowest BCUT2D eigenvalue weighted by Crippen LogP contribution is -2.44. The first-order chi connectivity index (χ1) is 12.8. The Hall–Kier alpha value is -2.91. The van der Waals surface area contributed by atoms with Gasteiger partial charge in [0.2, 0.25) is 0 Å². The summed E-state index contributed by atoms with van der Waals surface area (Å²) in [5.41, 5.74) is 2.81. The number of nitrogens with zero attached hydrogens (tertiary/aromatic N) is 4. The van der Waals surface area contributed by atoms with Crippen LogP contribution in [0.2, 0.25) is 0 Å². The zero-order valence-electron chi connectivity index (χ0n) is 16.2. The van der Waals surface area contributed by atoms with Gasteiger partial charge < -0.3 is 10.2 Å². The summed E-state index contributed by atoms with van der Waals surface area (Å²) in [5, 5.41) is 12.2. The molecule has 6 heteroatoms. The predicted octanol–water partition coefficient (Wildman–Crippen LogP) is 3.06. The molecule has 1 atom stereocenters. The number of aromatic nitrogens is 1. The minimum atomic E-state index is -0.292. The van der Waals surface area contributed by atoms with Crippen LogP contribution >= 0.6 is 0 Å². The highest BCUT2D eigenvalue weighted by Gasteiger charge is 2.39. The Kier molecular flexibility index (Phi) is 5.15. The fourth-order valence-corrected chi connectivity index (χ4v) is 3.52. The number of hydrogen-bond donors (Lipinski definition) is 1. The monoisotopic (exact) mass is 363 g/mol. The SMILES string of the molecule is CN(C)[C@@H](CNC(=O)N1CC(C)(C)c2nc(C#N)ccc21)c1ccccc1. The van der Waals surface area contributed by atoms with Gasteiger partial charge in [-0.1, -0.05) is 44.2 Å². The van der Waals surface area contributed by atoms with Crippen LogP contribution < -0.4 is 10.2 Å². The molecule has 0 bridgehead atoms. The zero-order valence-corrected chi connectivity index (χ0v) is 16.2. The summed E-state index contributed by atoms with van der Waals surface area (Å²) in [6.07, 6.45) is 0. The van der Waals surface area contributed by atoms with Gasteiger partial charge in [-0.15, -0.1) is 0 Å². The van der Waals surface area contributed by atoms with Gasteiger partial charge in [0.15, 0.2) is 0 Å². The van der Waals surface area contributed by atoms with Crippen molar-refractivity contribution in [3.05, 3.63) is 59.4 Å². The lowest BCUT2D eigenvalue weighted by molar-refractivity contribution is 0.237. The number of nitriles is 1. The van der Waals surface area contributed by atoms with Gasteiger partial charge in [0, 0.05) is 18.5 Å². The molecule has 0 saturated carbocycles. The predicted molar refractivity (Wildman–Crippen MR) is 106 cm³/mol. The van der Waals surface area contributed by atoms with Crippen molar-refractivity contribution in [2.75, 3.05) is 32.1 Å². The topological polar surface area (TPSA) is 72.3 Å². The van der Waals surface area contributed by atoms with E-state index in [1.165, 1.54) is 0 Å². The van der Waals surface area contributed by atoms with E-state index >= 15 is 0 Å². The highest BCUT2D eigenvalue weighted by atomic mass is 16.2. The van der Waals surface area contributed by atoms with Gasteiger partial charge in [0.25, 0.3) is 0 Å². The highest BCUT2D eigenvalue weighted by molar-refractivity contribution is 5.94. The Morgan fingerprint density at radius 2 is 2.00 bits per heavy atom. The fraction of sp³-hybridized carbons (Fsp3) is 0.381. The molecule has 27 heavy (non-hydrogen) atoms. The molecule has 0 aliphatic carbocycles. The number of likely N-dealkylation sites (N-methyl/N-ethyl adjacent to an activating group) is 1. The number of carbonyl (C=O) groups excluding carboxylic acids is 1. The van der Waals surface area contributed by atoms with Gasteiger partial charge in [0.05, 0.1) is 17.4 Å². The maximum Gasteiger partial charge on any atom is 0.322 e. The normalized spacial score (nSPS) is 15.9. The molecule has 1 aromatic heterocycles. The van der Waals surface area contributed by atoms with Crippen LogP contribution in [0.4, 0.5) is 10.5 Å². The maximum atomic E-state index is 12.9. The van der Waals surface area contributed by atoms with Gasteiger partial charge in [-0.25, -0.2) is 9.78 Å². The third-order valence-electron chi connectivity index (χ3n) is 4.97. The molecule has 1 aliphatic rings. The summed E-state index contributed by atoms with van der Waals surface area (Å²) in [6, 6.07) is 15.6. The van der Waals surface area contributed by atoms with Crippen molar-refractivity contribution >= 4 is 11.7 Å². The third-order valence-corrected chi connectivity index (χ3v) is 4.97. The second kappa shape index (κ2) is 7.37. The van der Waals surface area contributed by atoms with Crippen LogP contribution in [0.15, 0.2) is 42.5 Å². The number of benzene rings is 1. The zero-order chi connectivity index (χ0) is 19.6. The average molecular weight is 363 g/mol. The van der Waals surface area contributed by atoms with Crippen molar-refractivity contribution in [2.24, 2.45) is 0 Å². The molecule has 0 unspecified atom stereocenters. The van der Waals surface area contributed by atoms with Crippen molar-refractivity contribution < 1.29 is 4.79 Å². The first-order valence-electron chi connectivity index (χ1n) is 9.02. The van der Waals surface area contributed by atoms with E-state index in [9.17, 15) is 4.79 Å². The molecule has 3 rings (SSSR count). The lowest BCUT2D eigenvalue weighted by atomic mass is 9.91. The summed E-state index contributed by atoms with van der Waals surface area (Å²) >= 11 is 0. The number of anilines is 1. The summed E-state index contributed by atoms with van der Waals surface area (Å²) in [4.78, 5) is 21.2. The van der Waals surface area contributed by atoms with Gasteiger partial charge in [-0.05, 0) is 31.8 Å². The Morgan fingerprint density at radius 3 is 2.63 bits per heavy atom. The quantitative estimate of drug-likeness (QED) is 0.906. The Balaban J connectivity index is 1.77. The average Bonchev–Trinajstić information content (AvgIpc) is 2.93. The summed E-state index contributed by atoms with van der Waals surface area (Å²) in [5.74, 6) is 0. The Labute approximate surface area is 160 Å². The van der Waals surface area contributed by atoms with E-state index in [1.54, 1.807) is 11.0 Å². The lowest BCUT2D eigenvalue weighted by Gasteiger charge is -2.27. The molecule has 2 aromatic rings. The highest BCUT2D eigenvalue weighted by Crippen LogP contribution is 2.39. The van der Waals surface area contributed by atoms with Crippen molar-refractivity contribution in [2.45, 2.75) is 25.3 Å². The van der Waals surface area contributed by atoms with Crippen molar-refractivity contribution in [3.63, 3.8) is 0 Å². The standard InChI is InChI=1S/C21H25N5O/c1-21(2)14-26(17-11-10-16(12-22)24-19(17)21)20(27)23-13-18(25(3)4)15-8-6-5-7-9-15/h5-11,18H,13-14H2,1-4H3,(H,23,27)/t18-/m0/s1. The molecular formula is C21H25N5O. The number of urea groups is 1. The molecule has 2 heterocycles. The number of fused-ring (bicyclic) bond motifs is 1. The van der Waals surface area contributed by atoms with E-state index in [1.807, 2.05) is 52.2 Å². The first kappa shape index (κ1) is 18.9. The number of pyridine rings is 1. The van der Waals surface area contributed by atoms with Crippen LogP contribution in [0.3, 0.4) is 0 Å². The van der Waals surface area contributed by atoms with E-state index in [-0.39, 0.29) is 17.5 Å². The van der Waals surface area contributed by atoms with Crippen LogP contribution in [0.25, 0.3) is 0 Å². The van der Waals surface area contributed by atoms with Gasteiger partial charge >= 0.3 is 6.03 Å². The molecular weight excluding hydrogens is 338 g/mol. The number of hydrogen-bond acceptors (Lipinski definition) is 4. The molecule has 6 nitrogen and oxygen atoms in total. The molecule has 1 aliphatic heterocycles. The minimum Gasteiger partial charge on any atom is -0.336 e. The van der Waals surface area contributed by atoms with E-state index in [0.717, 1.165) is 16.9 Å². The van der Waals surface area contributed by atoms with Crippen molar-refractivity contribution in [1.29, 1.82) is 5.26 Å². The molecule has 1 N–H and O–H groups in total. The number of amides is 2. The van der Waals surface area contributed by atoms with Crippen LogP contribution in [0, 0.1) is 11.3 Å².